The average molecular weight is 465 g/mol. The number of rotatable bonds is 5. The van der Waals surface area contributed by atoms with Gasteiger partial charge in [-0.25, -0.2) is 4.79 Å². The van der Waals surface area contributed by atoms with Crippen LogP contribution in [0.2, 0.25) is 5.02 Å². The van der Waals surface area contributed by atoms with Gasteiger partial charge in [0, 0.05) is 29.4 Å². The highest BCUT2D eigenvalue weighted by molar-refractivity contribution is 6.31. The van der Waals surface area contributed by atoms with Crippen molar-refractivity contribution in [3.8, 4) is 0 Å². The van der Waals surface area contributed by atoms with E-state index in [1.807, 2.05) is 80.6 Å². The van der Waals surface area contributed by atoms with Gasteiger partial charge in [0.05, 0.1) is 6.04 Å². The van der Waals surface area contributed by atoms with Crippen molar-refractivity contribution in [3.63, 3.8) is 0 Å². The van der Waals surface area contributed by atoms with Crippen molar-refractivity contribution in [1.29, 1.82) is 0 Å². The predicted octanol–water partition coefficient (Wildman–Crippen LogP) is 6.16. The van der Waals surface area contributed by atoms with Gasteiger partial charge >= 0.3 is 6.09 Å². The van der Waals surface area contributed by atoms with Gasteiger partial charge < -0.3 is 15.3 Å². The third-order valence-electron chi connectivity index (χ3n) is 6.88. The molecule has 2 N–H and O–H groups in total. The molecule has 0 aliphatic carbocycles. The van der Waals surface area contributed by atoms with Crippen LogP contribution in [0.1, 0.15) is 50.3 Å². The number of fused-ring (bicyclic) bond motifs is 1. The molecule has 0 spiro atoms. The van der Waals surface area contributed by atoms with Gasteiger partial charge in [-0.3, -0.25) is 4.79 Å². The second-order valence-electron chi connectivity index (χ2n) is 9.11. The Labute approximate surface area is 199 Å². The van der Waals surface area contributed by atoms with E-state index in [1.54, 1.807) is 0 Å². The molecule has 6 heteroatoms. The maximum absolute atomic E-state index is 13.3. The van der Waals surface area contributed by atoms with Gasteiger partial charge in [-0.05, 0) is 60.7 Å². The summed E-state index contributed by atoms with van der Waals surface area (Å²) >= 11 is 6.35. The molecule has 3 unspecified atom stereocenters. The second-order valence-corrected chi connectivity index (χ2v) is 9.54. The number of nitrogens with one attached hydrogen (secondary N) is 1. The fraction of sp³-hybridized carbons (Fsp3) is 0.333. The Hall–Kier alpha value is -3.05. The van der Waals surface area contributed by atoms with Gasteiger partial charge in [0.25, 0.3) is 0 Å². The third kappa shape index (κ3) is 4.83. The van der Waals surface area contributed by atoms with E-state index in [0.29, 0.717) is 30.8 Å². The molecular formula is C27H29ClN2O3. The van der Waals surface area contributed by atoms with E-state index in [4.69, 9.17) is 11.6 Å². The van der Waals surface area contributed by atoms with Crippen molar-refractivity contribution in [1.82, 2.24) is 10.2 Å². The highest BCUT2D eigenvalue weighted by Crippen LogP contribution is 2.41. The Kier molecular flexibility index (Phi) is 6.61. The lowest BCUT2D eigenvalue weighted by atomic mass is 9.68. The summed E-state index contributed by atoms with van der Waals surface area (Å²) in [7, 11) is 0. The largest absolute Gasteiger partial charge is 0.465 e. The van der Waals surface area contributed by atoms with Crippen LogP contribution in [0.25, 0.3) is 10.8 Å². The molecule has 0 aromatic heterocycles. The predicted molar refractivity (Wildman–Crippen MR) is 132 cm³/mol. The molecule has 172 valence electrons. The van der Waals surface area contributed by atoms with Crippen LogP contribution in [0, 0.1) is 0 Å². The number of hydrogen-bond acceptors (Lipinski definition) is 2. The molecule has 0 bridgehead atoms. The monoisotopic (exact) mass is 464 g/mol. The van der Waals surface area contributed by atoms with Crippen LogP contribution in [0.4, 0.5) is 4.79 Å². The average Bonchev–Trinajstić information content (AvgIpc) is 2.78. The van der Waals surface area contributed by atoms with Crippen molar-refractivity contribution >= 4 is 34.4 Å². The summed E-state index contributed by atoms with van der Waals surface area (Å²) in [4.78, 5) is 26.4. The molecule has 3 aromatic rings. The SMILES string of the molecule is CC(NC(=O)CC1(c2ccccc2)CCN(C(=O)O)C(C)C1)c1cc(Cl)cc2ccccc12. The van der Waals surface area contributed by atoms with E-state index in [9.17, 15) is 14.7 Å². The number of carbonyl (C=O) groups excluding carboxylic acids is 1. The minimum absolute atomic E-state index is 0.0496. The first kappa shape index (κ1) is 23.1. The normalized spacial score (nSPS) is 21.5. The van der Waals surface area contributed by atoms with E-state index in [0.717, 1.165) is 21.9 Å². The van der Waals surface area contributed by atoms with Crippen molar-refractivity contribution in [2.45, 2.75) is 50.6 Å². The zero-order chi connectivity index (χ0) is 23.6. The molecule has 5 nitrogen and oxygen atoms in total. The summed E-state index contributed by atoms with van der Waals surface area (Å²) in [5.74, 6) is -0.0496. The third-order valence-corrected chi connectivity index (χ3v) is 7.10. The standard InChI is InChI=1S/C27H29ClN2O3/c1-18-16-27(12-13-30(18)26(32)33,21-9-4-3-5-10-21)17-25(31)29-19(2)24-15-22(28)14-20-8-6-7-11-23(20)24/h3-11,14-15,18-19H,12-13,16-17H2,1-2H3,(H,29,31)(H,32,33). The maximum Gasteiger partial charge on any atom is 0.407 e. The first-order chi connectivity index (χ1) is 15.8. The molecule has 1 heterocycles. The van der Waals surface area contributed by atoms with Crippen molar-refractivity contribution < 1.29 is 14.7 Å². The highest BCUT2D eigenvalue weighted by atomic mass is 35.5. The maximum atomic E-state index is 13.3. The molecule has 1 fully saturated rings. The van der Waals surface area contributed by atoms with Gasteiger partial charge in [-0.15, -0.1) is 0 Å². The minimum atomic E-state index is -0.907. The molecular weight excluding hydrogens is 436 g/mol. The van der Waals surface area contributed by atoms with Gasteiger partial charge in [0.1, 0.15) is 0 Å². The summed E-state index contributed by atoms with van der Waals surface area (Å²) in [6, 6.07) is 21.5. The molecule has 2 amide bonds. The molecule has 3 aromatic carbocycles. The van der Waals surface area contributed by atoms with Gasteiger partial charge in [0.15, 0.2) is 0 Å². The topological polar surface area (TPSA) is 69.6 Å². The molecule has 1 aliphatic heterocycles. The number of amides is 2. The molecule has 0 radical (unpaired) electrons. The summed E-state index contributed by atoms with van der Waals surface area (Å²) in [5.41, 5.74) is 1.65. The van der Waals surface area contributed by atoms with Crippen LogP contribution in [-0.2, 0) is 10.2 Å². The smallest absolute Gasteiger partial charge is 0.407 e. The summed E-state index contributed by atoms with van der Waals surface area (Å²) in [5, 5.41) is 15.4. The number of likely N-dealkylation sites (tertiary alicyclic amines) is 1. The van der Waals surface area contributed by atoms with Gasteiger partial charge in [-0.2, -0.15) is 0 Å². The van der Waals surface area contributed by atoms with Crippen LogP contribution in [0.15, 0.2) is 66.7 Å². The molecule has 1 aliphatic rings. The first-order valence-corrected chi connectivity index (χ1v) is 11.7. The molecule has 1 saturated heterocycles. The Balaban J connectivity index is 1.58. The zero-order valence-corrected chi connectivity index (χ0v) is 19.7. The lowest BCUT2D eigenvalue weighted by molar-refractivity contribution is -0.123. The van der Waals surface area contributed by atoms with Gasteiger partial charge in [0.2, 0.25) is 5.91 Å². The van der Waals surface area contributed by atoms with Crippen LogP contribution in [0.5, 0.6) is 0 Å². The van der Waals surface area contributed by atoms with E-state index in [2.05, 4.69) is 5.32 Å². The van der Waals surface area contributed by atoms with Crippen LogP contribution in [0.3, 0.4) is 0 Å². The lowest BCUT2D eigenvalue weighted by Gasteiger charge is -2.45. The van der Waals surface area contributed by atoms with Crippen LogP contribution in [-0.4, -0.2) is 34.6 Å². The van der Waals surface area contributed by atoms with E-state index in [1.165, 1.54) is 4.90 Å². The quantitative estimate of drug-likeness (QED) is 0.475. The summed E-state index contributed by atoms with van der Waals surface area (Å²) < 4.78 is 0. The minimum Gasteiger partial charge on any atom is -0.465 e. The first-order valence-electron chi connectivity index (χ1n) is 11.3. The Morgan fingerprint density at radius 2 is 1.85 bits per heavy atom. The summed E-state index contributed by atoms with van der Waals surface area (Å²) in [6.07, 6.45) is 0.605. The Morgan fingerprint density at radius 1 is 1.15 bits per heavy atom. The molecule has 0 saturated carbocycles. The number of nitrogens with zero attached hydrogens (tertiary/aromatic N) is 1. The number of halogens is 1. The van der Waals surface area contributed by atoms with Crippen LogP contribution < -0.4 is 5.32 Å². The molecule has 3 atom stereocenters. The molecule has 33 heavy (non-hydrogen) atoms. The van der Waals surface area contributed by atoms with E-state index in [-0.39, 0.29) is 18.0 Å². The number of piperidine rings is 1. The number of carboxylic acid groups (broad SMARTS) is 1. The van der Waals surface area contributed by atoms with Crippen molar-refractivity contribution in [2.75, 3.05) is 6.54 Å². The van der Waals surface area contributed by atoms with E-state index < -0.39 is 11.5 Å². The van der Waals surface area contributed by atoms with Crippen LogP contribution >= 0.6 is 11.6 Å². The van der Waals surface area contributed by atoms with Crippen molar-refractivity contribution in [2.24, 2.45) is 0 Å². The Morgan fingerprint density at radius 3 is 2.55 bits per heavy atom. The fourth-order valence-corrected chi connectivity index (χ4v) is 5.51. The highest BCUT2D eigenvalue weighted by Gasteiger charge is 2.42. The van der Waals surface area contributed by atoms with Crippen molar-refractivity contribution in [3.05, 3.63) is 82.9 Å². The fourth-order valence-electron chi connectivity index (χ4n) is 5.27. The Bertz CT molecular complexity index is 1170. The lowest BCUT2D eigenvalue weighted by Crippen LogP contribution is -2.51. The number of benzene rings is 3. The van der Waals surface area contributed by atoms with E-state index >= 15 is 0 Å². The van der Waals surface area contributed by atoms with Gasteiger partial charge in [-0.1, -0.05) is 66.2 Å². The molecule has 4 rings (SSSR count). The number of hydrogen-bond donors (Lipinski definition) is 2. The summed E-state index contributed by atoms with van der Waals surface area (Å²) in [6.45, 7) is 4.30. The zero-order valence-electron chi connectivity index (χ0n) is 18.9. The number of carbonyl (C=O) groups is 2. The second kappa shape index (κ2) is 9.44.